The van der Waals surface area contributed by atoms with E-state index in [1.807, 2.05) is 6.07 Å². The Hall–Kier alpha value is -2.50. The Labute approximate surface area is 178 Å². The molecule has 3 rings (SSSR count). The number of nitrogens with zero attached hydrogens (tertiary/aromatic N) is 2. The van der Waals surface area contributed by atoms with Crippen molar-refractivity contribution in [3.8, 4) is 0 Å². The first-order chi connectivity index (χ1) is 14.6. The number of sulfonamides is 1. The van der Waals surface area contributed by atoms with Crippen molar-refractivity contribution in [3.63, 3.8) is 0 Å². The summed E-state index contributed by atoms with van der Waals surface area (Å²) in [5.74, 6) is 0. The summed E-state index contributed by atoms with van der Waals surface area (Å²) in [5.41, 5.74) is 1.03. The molecule has 0 aromatic heterocycles. The predicted octanol–water partition coefficient (Wildman–Crippen LogP) is 3.62. The molecule has 0 aliphatic carbocycles. The first-order valence-electron chi connectivity index (χ1n) is 9.74. The molecule has 168 valence electrons. The lowest BCUT2D eigenvalue weighted by molar-refractivity contribution is -0.729. The van der Waals surface area contributed by atoms with Gasteiger partial charge in [-0.3, -0.25) is 4.90 Å². The van der Waals surface area contributed by atoms with E-state index in [9.17, 15) is 26.5 Å². The van der Waals surface area contributed by atoms with Crippen molar-refractivity contribution in [1.82, 2.24) is 9.62 Å². The second-order valence-corrected chi connectivity index (χ2v) is 9.09. The van der Waals surface area contributed by atoms with Crippen LogP contribution in [0.3, 0.4) is 0 Å². The molecule has 0 atom stereocenters. The van der Waals surface area contributed by atoms with Crippen molar-refractivity contribution in [2.45, 2.75) is 36.9 Å². The Bertz CT molecular complexity index is 1060. The van der Waals surface area contributed by atoms with Crippen LogP contribution in [0.15, 0.2) is 47.4 Å². The lowest BCUT2D eigenvalue weighted by Gasteiger charge is -2.28. The lowest BCUT2D eigenvalue weighted by Crippen LogP contribution is -2.32. The van der Waals surface area contributed by atoms with Crippen molar-refractivity contribution in [2.24, 2.45) is 0 Å². The number of rotatable bonds is 8. The molecule has 1 aliphatic rings. The highest BCUT2D eigenvalue weighted by molar-refractivity contribution is 7.89. The maximum absolute atomic E-state index is 13.1. The van der Waals surface area contributed by atoms with Crippen LogP contribution >= 0.6 is 0 Å². The predicted molar refractivity (Wildman–Crippen MR) is 106 cm³/mol. The molecule has 1 aliphatic heterocycles. The smallest absolute Gasteiger partial charge is 0.299 e. The third-order valence-electron chi connectivity index (χ3n) is 5.18. The van der Waals surface area contributed by atoms with E-state index in [2.05, 4.69) is 9.62 Å². The molecule has 11 heteroatoms. The average molecular weight is 458 g/mol. The fraction of sp³-hybridized carbons (Fsp3) is 0.400. The Morgan fingerprint density at radius 2 is 1.84 bits per heavy atom. The number of alkyl halides is 3. The van der Waals surface area contributed by atoms with Crippen LogP contribution < -0.4 is 4.72 Å². The van der Waals surface area contributed by atoms with Gasteiger partial charge in [0.2, 0.25) is 10.0 Å². The molecule has 0 amide bonds. The van der Waals surface area contributed by atoms with Gasteiger partial charge in [0.05, 0.1) is 15.4 Å². The molecule has 2 aromatic rings. The summed E-state index contributed by atoms with van der Waals surface area (Å²) in [6.07, 6.45) is -2.86. The third kappa shape index (κ3) is 5.81. The highest BCUT2D eigenvalue weighted by Gasteiger charge is 2.36. The van der Waals surface area contributed by atoms with E-state index in [0.29, 0.717) is 25.9 Å². The van der Waals surface area contributed by atoms with Gasteiger partial charge < -0.3 is 0 Å². The van der Waals surface area contributed by atoms with E-state index >= 15 is 0 Å². The van der Waals surface area contributed by atoms with Crippen LogP contribution in [0.5, 0.6) is 0 Å². The van der Waals surface area contributed by atoms with E-state index in [-0.39, 0.29) is 17.2 Å². The van der Waals surface area contributed by atoms with Gasteiger partial charge in [-0.05, 0) is 49.1 Å². The highest BCUT2D eigenvalue weighted by Crippen LogP contribution is 2.33. The van der Waals surface area contributed by atoms with Crippen LogP contribution in [0.2, 0.25) is 0 Å². The molecule has 0 fully saturated rings. The van der Waals surface area contributed by atoms with Crippen molar-refractivity contribution >= 4 is 15.7 Å². The summed E-state index contributed by atoms with van der Waals surface area (Å²) < 4.78 is 66.1. The second-order valence-electron chi connectivity index (χ2n) is 7.35. The number of halogens is 3. The minimum atomic E-state index is -4.76. The molecular formula is C20H23F3N3O4S+. The molecule has 1 heterocycles. The summed E-state index contributed by atoms with van der Waals surface area (Å²) in [4.78, 5) is 12.2. The molecule has 0 bridgehead atoms. The number of fused-ring (bicyclic) bond motifs is 1. The van der Waals surface area contributed by atoms with Crippen molar-refractivity contribution in [3.05, 3.63) is 64.1 Å². The van der Waals surface area contributed by atoms with Gasteiger partial charge >= 0.3 is 11.9 Å². The molecular weight excluding hydrogens is 435 g/mol. The quantitative estimate of drug-likeness (QED) is 0.466. The van der Waals surface area contributed by atoms with E-state index < -0.39 is 26.7 Å². The zero-order valence-corrected chi connectivity index (χ0v) is 17.4. The molecule has 0 radical (unpaired) electrons. The fourth-order valence-corrected chi connectivity index (χ4v) is 4.89. The lowest BCUT2D eigenvalue weighted by atomic mass is 9.99. The minimum Gasteiger partial charge on any atom is -0.299 e. The second kappa shape index (κ2) is 9.33. The van der Waals surface area contributed by atoms with Crippen molar-refractivity contribution in [2.75, 3.05) is 19.6 Å². The number of hydrogen-bond acceptors (Lipinski definition) is 4. The zero-order valence-electron chi connectivity index (χ0n) is 16.6. The van der Waals surface area contributed by atoms with E-state index in [1.165, 1.54) is 6.07 Å². The maximum Gasteiger partial charge on any atom is 0.417 e. The molecule has 2 N–H and O–H groups in total. The van der Waals surface area contributed by atoms with Gasteiger partial charge in [0.25, 0.3) is 4.92 Å². The van der Waals surface area contributed by atoms with Gasteiger partial charge in [0.1, 0.15) is 0 Å². The molecule has 7 nitrogen and oxygen atoms in total. The van der Waals surface area contributed by atoms with E-state index in [4.69, 9.17) is 5.21 Å². The standard InChI is InChI=1S/C20H23F3N3O4S/c21-20(22,23)18-5-1-2-6-19(18)31(29,30)24-10-3-4-11-25-12-9-15-7-8-17(26(27)28)13-16(15)14-25/h1-2,5-8,13,24H,3-4,9-12,14H2,(H,27,28)/q+1. The van der Waals surface area contributed by atoms with Crippen LogP contribution in [0, 0.1) is 4.91 Å². The normalized spacial score (nSPS) is 14.9. The van der Waals surface area contributed by atoms with Crippen LogP contribution in [0.1, 0.15) is 29.5 Å². The van der Waals surface area contributed by atoms with Gasteiger partial charge in [-0.2, -0.15) is 13.2 Å². The molecule has 0 unspecified atom stereocenters. The molecule has 31 heavy (non-hydrogen) atoms. The van der Waals surface area contributed by atoms with Crippen molar-refractivity contribution in [1.29, 1.82) is 0 Å². The summed E-state index contributed by atoms with van der Waals surface area (Å²) in [5, 5.41) is 9.05. The summed E-state index contributed by atoms with van der Waals surface area (Å²) in [6.45, 7) is 2.10. The van der Waals surface area contributed by atoms with Gasteiger partial charge in [0.15, 0.2) is 0 Å². The Kier molecular flexibility index (Phi) is 6.97. The summed E-state index contributed by atoms with van der Waals surface area (Å²) >= 11 is 0. The van der Waals surface area contributed by atoms with Crippen molar-refractivity contribution < 1.29 is 31.7 Å². The molecule has 0 spiro atoms. The largest absolute Gasteiger partial charge is 0.417 e. The highest BCUT2D eigenvalue weighted by atomic mass is 32.2. The van der Waals surface area contributed by atoms with Crippen LogP contribution in [0.4, 0.5) is 18.9 Å². The fourth-order valence-electron chi connectivity index (χ4n) is 3.59. The van der Waals surface area contributed by atoms with E-state index in [0.717, 1.165) is 42.3 Å². The zero-order chi connectivity index (χ0) is 22.6. The average Bonchev–Trinajstić information content (AvgIpc) is 2.72. The first-order valence-corrected chi connectivity index (χ1v) is 11.2. The topological polar surface area (TPSA) is 89.7 Å². The Balaban J connectivity index is 1.50. The monoisotopic (exact) mass is 458 g/mol. The Morgan fingerprint density at radius 1 is 1.10 bits per heavy atom. The SMILES string of the molecule is O=[N+](O)c1ccc2c(c1)CN(CCCCNS(=O)(=O)c1ccccc1C(F)(F)F)CC2. The minimum absolute atomic E-state index is 0.0265. The summed E-state index contributed by atoms with van der Waals surface area (Å²) in [7, 11) is -4.27. The van der Waals surface area contributed by atoms with E-state index in [1.54, 1.807) is 12.1 Å². The van der Waals surface area contributed by atoms with Gasteiger partial charge in [-0.15, -0.1) is 0 Å². The summed E-state index contributed by atoms with van der Waals surface area (Å²) in [6, 6.07) is 9.11. The van der Waals surface area contributed by atoms with Crippen LogP contribution in [0.25, 0.3) is 0 Å². The molecule has 0 saturated carbocycles. The third-order valence-corrected chi connectivity index (χ3v) is 6.70. The number of hydrogen-bond donors (Lipinski definition) is 2. The van der Waals surface area contributed by atoms with Gasteiger partial charge in [0, 0.05) is 31.8 Å². The first kappa shape index (κ1) is 23.2. The molecule has 2 aromatic carbocycles. The maximum atomic E-state index is 13.1. The molecule has 0 saturated heterocycles. The number of unbranched alkanes of at least 4 members (excludes halogenated alkanes) is 1. The van der Waals surface area contributed by atoms with Crippen LogP contribution in [-0.2, 0) is 29.2 Å². The Morgan fingerprint density at radius 3 is 2.55 bits per heavy atom. The number of nitrogens with one attached hydrogen (secondary N) is 1. The van der Waals surface area contributed by atoms with Crippen LogP contribution in [-0.4, -0.2) is 43.1 Å². The number of benzene rings is 2. The van der Waals surface area contributed by atoms with Gasteiger partial charge in [-0.1, -0.05) is 18.2 Å². The van der Waals surface area contributed by atoms with Gasteiger partial charge in [-0.25, -0.2) is 18.3 Å².